The number of rotatable bonds is 1. The zero-order valence-corrected chi connectivity index (χ0v) is 10.1. The second-order valence-electron chi connectivity index (χ2n) is 4.01. The topological polar surface area (TPSA) is 30.5 Å². The van der Waals surface area contributed by atoms with Crippen LogP contribution in [0.3, 0.4) is 0 Å². The summed E-state index contributed by atoms with van der Waals surface area (Å²) in [5.74, 6) is 2.96. The van der Waals surface area contributed by atoms with E-state index in [0.717, 1.165) is 17.3 Å². The van der Waals surface area contributed by atoms with Crippen LogP contribution in [-0.2, 0) is 0 Å². The zero-order chi connectivity index (χ0) is 11.0. The Morgan fingerprint density at radius 1 is 1.25 bits per heavy atom. The molecule has 3 rings (SSSR count). The highest BCUT2D eigenvalue weighted by Crippen LogP contribution is 2.43. The van der Waals surface area contributed by atoms with Gasteiger partial charge in [-0.25, -0.2) is 0 Å². The number of hydrogen-bond donors (Lipinski definition) is 1. The first-order chi connectivity index (χ1) is 7.88. The average Bonchev–Trinajstić information content (AvgIpc) is 2.35. The lowest BCUT2D eigenvalue weighted by Gasteiger charge is -2.27. The third-order valence-electron chi connectivity index (χ3n) is 3.06. The van der Waals surface area contributed by atoms with E-state index in [4.69, 9.17) is 9.47 Å². The summed E-state index contributed by atoms with van der Waals surface area (Å²) in [5, 5.41) is 3.36. The van der Waals surface area contributed by atoms with E-state index in [2.05, 4.69) is 17.4 Å². The van der Waals surface area contributed by atoms with Crippen molar-refractivity contribution in [1.82, 2.24) is 5.32 Å². The first-order valence-electron chi connectivity index (χ1n) is 5.62. The lowest BCUT2D eigenvalue weighted by Crippen LogP contribution is -2.22. The number of ether oxygens (including phenoxy) is 2. The molecule has 0 spiro atoms. The van der Waals surface area contributed by atoms with Crippen molar-refractivity contribution in [2.24, 2.45) is 0 Å². The largest absolute Gasteiger partial charge is 0.486 e. The number of thioether (sulfide) groups is 1. The molecular formula is C12H15NO2S. The Morgan fingerprint density at radius 2 is 2.00 bits per heavy atom. The summed E-state index contributed by atoms with van der Waals surface area (Å²) in [4.78, 5) is 1.33. The van der Waals surface area contributed by atoms with E-state index in [9.17, 15) is 0 Å². The SMILES string of the molecule is CNC1CCSc2cc3c(cc21)OCCO3. The van der Waals surface area contributed by atoms with Crippen LogP contribution in [0.2, 0.25) is 0 Å². The van der Waals surface area contributed by atoms with Crippen LogP contribution in [0.4, 0.5) is 0 Å². The molecule has 0 radical (unpaired) electrons. The van der Waals surface area contributed by atoms with Crippen LogP contribution in [0, 0.1) is 0 Å². The summed E-state index contributed by atoms with van der Waals surface area (Å²) in [5.41, 5.74) is 1.35. The van der Waals surface area contributed by atoms with E-state index in [-0.39, 0.29) is 0 Å². The minimum absolute atomic E-state index is 0.451. The minimum Gasteiger partial charge on any atom is -0.486 e. The molecule has 1 atom stereocenters. The van der Waals surface area contributed by atoms with Crippen molar-refractivity contribution in [3.63, 3.8) is 0 Å². The van der Waals surface area contributed by atoms with Gasteiger partial charge in [0.1, 0.15) is 13.2 Å². The van der Waals surface area contributed by atoms with E-state index < -0.39 is 0 Å². The number of benzene rings is 1. The van der Waals surface area contributed by atoms with Crippen LogP contribution in [0.15, 0.2) is 17.0 Å². The van der Waals surface area contributed by atoms with Gasteiger partial charge in [0, 0.05) is 10.9 Å². The van der Waals surface area contributed by atoms with Gasteiger partial charge in [-0.2, -0.15) is 0 Å². The number of hydrogen-bond acceptors (Lipinski definition) is 4. The van der Waals surface area contributed by atoms with E-state index in [1.807, 2.05) is 18.8 Å². The molecule has 0 aromatic heterocycles. The van der Waals surface area contributed by atoms with Gasteiger partial charge < -0.3 is 14.8 Å². The van der Waals surface area contributed by atoms with Gasteiger partial charge in [-0.05, 0) is 36.9 Å². The van der Waals surface area contributed by atoms with Gasteiger partial charge in [0.15, 0.2) is 11.5 Å². The normalized spacial score (nSPS) is 22.7. The van der Waals surface area contributed by atoms with Crippen LogP contribution in [0.25, 0.3) is 0 Å². The molecule has 0 bridgehead atoms. The maximum atomic E-state index is 5.62. The fourth-order valence-electron chi connectivity index (χ4n) is 2.23. The maximum Gasteiger partial charge on any atom is 0.162 e. The van der Waals surface area contributed by atoms with Gasteiger partial charge in [0.05, 0.1) is 0 Å². The third kappa shape index (κ3) is 1.66. The molecule has 0 amide bonds. The highest BCUT2D eigenvalue weighted by Gasteiger charge is 2.23. The zero-order valence-electron chi connectivity index (χ0n) is 9.29. The summed E-state index contributed by atoms with van der Waals surface area (Å²) in [6.45, 7) is 1.31. The Balaban J connectivity index is 2.05. The summed E-state index contributed by atoms with van der Waals surface area (Å²) in [7, 11) is 2.02. The number of fused-ring (bicyclic) bond motifs is 2. The van der Waals surface area contributed by atoms with Crippen LogP contribution in [0.5, 0.6) is 11.5 Å². The quantitative estimate of drug-likeness (QED) is 0.811. The molecule has 4 heteroatoms. The molecule has 1 N–H and O–H groups in total. The molecule has 3 nitrogen and oxygen atoms in total. The standard InChI is InChI=1S/C12H15NO2S/c1-13-9-2-5-16-12-7-11-10(6-8(9)12)14-3-4-15-11/h6-7,9,13H,2-5H2,1H3. The van der Waals surface area contributed by atoms with Gasteiger partial charge in [0.25, 0.3) is 0 Å². The number of nitrogens with one attached hydrogen (secondary N) is 1. The van der Waals surface area contributed by atoms with E-state index in [0.29, 0.717) is 19.3 Å². The molecule has 0 fully saturated rings. The molecule has 1 aromatic carbocycles. The van der Waals surface area contributed by atoms with E-state index in [1.54, 1.807) is 0 Å². The second kappa shape index (κ2) is 4.18. The average molecular weight is 237 g/mol. The molecule has 2 aliphatic heterocycles. The van der Waals surface area contributed by atoms with Crippen molar-refractivity contribution in [1.29, 1.82) is 0 Å². The fraction of sp³-hybridized carbons (Fsp3) is 0.500. The van der Waals surface area contributed by atoms with Crippen molar-refractivity contribution in [2.75, 3.05) is 26.0 Å². The fourth-order valence-corrected chi connectivity index (χ4v) is 3.36. The maximum absolute atomic E-state index is 5.62. The minimum atomic E-state index is 0.451. The molecule has 0 saturated heterocycles. The Bertz CT molecular complexity index is 408. The van der Waals surface area contributed by atoms with E-state index >= 15 is 0 Å². The van der Waals surface area contributed by atoms with Gasteiger partial charge in [-0.15, -0.1) is 11.8 Å². The van der Waals surface area contributed by atoms with Gasteiger partial charge in [-0.3, -0.25) is 0 Å². The summed E-state index contributed by atoms with van der Waals surface area (Å²) in [6, 6.07) is 4.71. The first-order valence-corrected chi connectivity index (χ1v) is 6.60. The Morgan fingerprint density at radius 3 is 2.75 bits per heavy atom. The van der Waals surface area contributed by atoms with Crippen LogP contribution in [-0.4, -0.2) is 26.0 Å². The first kappa shape index (κ1) is 10.3. The van der Waals surface area contributed by atoms with Gasteiger partial charge >= 0.3 is 0 Å². The highest BCUT2D eigenvalue weighted by molar-refractivity contribution is 7.99. The van der Waals surface area contributed by atoms with Gasteiger partial charge in [0.2, 0.25) is 0 Å². The smallest absolute Gasteiger partial charge is 0.162 e. The molecule has 2 heterocycles. The second-order valence-corrected chi connectivity index (χ2v) is 5.15. The third-order valence-corrected chi connectivity index (χ3v) is 4.17. The molecule has 1 unspecified atom stereocenters. The molecule has 86 valence electrons. The monoisotopic (exact) mass is 237 g/mol. The van der Waals surface area contributed by atoms with Crippen LogP contribution >= 0.6 is 11.8 Å². The van der Waals surface area contributed by atoms with E-state index in [1.165, 1.54) is 16.9 Å². The molecule has 0 saturated carbocycles. The Hall–Kier alpha value is -0.870. The Labute approximate surface area is 99.5 Å². The molecular weight excluding hydrogens is 222 g/mol. The van der Waals surface area contributed by atoms with Crippen molar-refractivity contribution < 1.29 is 9.47 Å². The Kier molecular flexibility index (Phi) is 2.69. The lowest BCUT2D eigenvalue weighted by atomic mass is 10.0. The van der Waals surface area contributed by atoms with Crippen molar-refractivity contribution in [3.8, 4) is 11.5 Å². The molecule has 1 aromatic rings. The molecule has 16 heavy (non-hydrogen) atoms. The lowest BCUT2D eigenvalue weighted by molar-refractivity contribution is 0.170. The summed E-state index contributed by atoms with van der Waals surface area (Å²) >= 11 is 1.91. The molecule has 2 aliphatic rings. The molecule has 0 aliphatic carbocycles. The summed E-state index contributed by atoms with van der Waals surface area (Å²) in [6.07, 6.45) is 1.17. The van der Waals surface area contributed by atoms with Gasteiger partial charge in [-0.1, -0.05) is 0 Å². The van der Waals surface area contributed by atoms with Crippen molar-refractivity contribution in [2.45, 2.75) is 17.4 Å². The summed E-state index contributed by atoms with van der Waals surface area (Å²) < 4.78 is 11.2. The van der Waals surface area contributed by atoms with Crippen LogP contribution in [0.1, 0.15) is 18.0 Å². The van der Waals surface area contributed by atoms with Crippen molar-refractivity contribution in [3.05, 3.63) is 17.7 Å². The predicted octanol–water partition coefficient (Wildman–Crippen LogP) is 2.21. The highest BCUT2D eigenvalue weighted by atomic mass is 32.2. The predicted molar refractivity (Wildman–Crippen MR) is 64.6 cm³/mol. The van der Waals surface area contributed by atoms with Crippen LogP contribution < -0.4 is 14.8 Å². The van der Waals surface area contributed by atoms with Crippen molar-refractivity contribution >= 4 is 11.8 Å².